The van der Waals surface area contributed by atoms with Gasteiger partial charge in [-0.1, -0.05) is 60.7 Å². The highest BCUT2D eigenvalue weighted by molar-refractivity contribution is 7.20. The van der Waals surface area contributed by atoms with Gasteiger partial charge in [0.05, 0.1) is 12.0 Å². The number of carbonyl (C=O) groups is 2. The number of rotatable bonds is 7. The van der Waals surface area contributed by atoms with Crippen molar-refractivity contribution in [3.63, 3.8) is 0 Å². The second kappa shape index (κ2) is 9.15. The molecule has 0 amide bonds. The molecule has 162 valence electrons. The first-order valence-corrected chi connectivity index (χ1v) is 10.8. The van der Waals surface area contributed by atoms with E-state index >= 15 is 0 Å². The molecule has 0 aliphatic carbocycles. The maximum atomic E-state index is 13.2. The molecular formula is C24H20N2O5S. The van der Waals surface area contributed by atoms with Crippen molar-refractivity contribution in [2.24, 2.45) is 0 Å². The molecule has 4 rings (SSSR count). The van der Waals surface area contributed by atoms with E-state index in [2.05, 4.69) is 4.98 Å². The van der Waals surface area contributed by atoms with E-state index in [1.165, 1.54) is 6.33 Å². The lowest BCUT2D eigenvalue weighted by Gasteiger charge is -2.15. The summed E-state index contributed by atoms with van der Waals surface area (Å²) in [5.41, 5.74) is 1.44. The fraction of sp³-hybridized carbons (Fsp3) is 0.167. The average Bonchev–Trinajstić information content (AvgIpc) is 3.14. The van der Waals surface area contributed by atoms with Gasteiger partial charge in [-0.25, -0.2) is 14.6 Å². The Morgan fingerprint density at radius 3 is 2.41 bits per heavy atom. The summed E-state index contributed by atoms with van der Waals surface area (Å²) >= 11 is 1.07. The van der Waals surface area contributed by atoms with Crippen LogP contribution in [0.5, 0.6) is 0 Å². The molecule has 32 heavy (non-hydrogen) atoms. The van der Waals surface area contributed by atoms with Gasteiger partial charge in [-0.2, -0.15) is 0 Å². The minimum atomic E-state index is -1.22. The van der Waals surface area contributed by atoms with Gasteiger partial charge in [-0.15, -0.1) is 11.3 Å². The first-order chi connectivity index (χ1) is 15.5. The summed E-state index contributed by atoms with van der Waals surface area (Å²) in [7, 11) is 0. The summed E-state index contributed by atoms with van der Waals surface area (Å²) in [6.07, 6.45) is 1.80. The number of carboxylic acid groups (broad SMARTS) is 1. The Kier molecular flexibility index (Phi) is 6.13. The van der Waals surface area contributed by atoms with Crippen molar-refractivity contribution >= 4 is 33.5 Å². The molecule has 4 aromatic rings. The van der Waals surface area contributed by atoms with Crippen LogP contribution < -0.4 is 5.56 Å². The van der Waals surface area contributed by atoms with Gasteiger partial charge in [0.15, 0.2) is 6.04 Å². The number of thiophene rings is 1. The third-order valence-corrected chi connectivity index (χ3v) is 6.34. The summed E-state index contributed by atoms with van der Waals surface area (Å²) in [5.74, 6) is -1.70. The van der Waals surface area contributed by atoms with Gasteiger partial charge < -0.3 is 9.84 Å². The van der Waals surface area contributed by atoms with Crippen molar-refractivity contribution in [2.75, 3.05) is 6.61 Å². The van der Waals surface area contributed by atoms with E-state index < -0.39 is 23.5 Å². The Morgan fingerprint density at radius 2 is 1.75 bits per heavy atom. The zero-order chi connectivity index (χ0) is 22.7. The van der Waals surface area contributed by atoms with E-state index in [1.54, 1.807) is 37.3 Å². The summed E-state index contributed by atoms with van der Waals surface area (Å²) in [6.45, 7) is 1.86. The van der Waals surface area contributed by atoms with Crippen LogP contribution in [0.15, 0.2) is 71.8 Å². The predicted molar refractivity (Wildman–Crippen MR) is 121 cm³/mol. The second-order valence-corrected chi connectivity index (χ2v) is 8.22. The highest BCUT2D eigenvalue weighted by atomic mass is 32.1. The lowest BCUT2D eigenvalue weighted by molar-refractivity contribution is -0.139. The quantitative estimate of drug-likeness (QED) is 0.432. The molecule has 0 aliphatic rings. The van der Waals surface area contributed by atoms with E-state index in [9.17, 15) is 19.5 Å². The molecule has 1 N–H and O–H groups in total. The van der Waals surface area contributed by atoms with E-state index in [1.807, 2.05) is 30.3 Å². The Hall–Kier alpha value is -3.78. The van der Waals surface area contributed by atoms with Gasteiger partial charge in [0.1, 0.15) is 16.0 Å². The number of aryl methyl sites for hydroxylation is 1. The molecule has 0 radical (unpaired) electrons. The Labute approximate surface area is 187 Å². The van der Waals surface area contributed by atoms with Crippen LogP contribution in [0.1, 0.15) is 32.4 Å². The molecule has 2 aromatic heterocycles. The van der Waals surface area contributed by atoms with Crippen molar-refractivity contribution in [2.45, 2.75) is 19.4 Å². The molecule has 1 unspecified atom stereocenters. The zero-order valence-electron chi connectivity index (χ0n) is 17.2. The molecule has 0 aliphatic heterocycles. The molecule has 2 aromatic carbocycles. The molecule has 0 bridgehead atoms. The third kappa shape index (κ3) is 4.17. The lowest BCUT2D eigenvalue weighted by atomic mass is 10.1. The van der Waals surface area contributed by atoms with E-state index in [-0.39, 0.29) is 12.0 Å². The van der Waals surface area contributed by atoms with Crippen molar-refractivity contribution in [3.05, 3.63) is 98.9 Å². The number of carbonyl (C=O) groups excluding carboxylic acids is 1. The monoisotopic (exact) mass is 448 g/mol. The second-order valence-electron chi connectivity index (χ2n) is 7.22. The van der Waals surface area contributed by atoms with Gasteiger partial charge >= 0.3 is 11.9 Å². The van der Waals surface area contributed by atoms with Crippen LogP contribution in [-0.2, 0) is 16.0 Å². The van der Waals surface area contributed by atoms with Crippen LogP contribution in [0, 0.1) is 6.92 Å². The van der Waals surface area contributed by atoms with Crippen LogP contribution in [-0.4, -0.2) is 33.2 Å². The highest BCUT2D eigenvalue weighted by Gasteiger charge is 2.26. The number of aromatic nitrogens is 2. The molecule has 0 saturated carbocycles. The Morgan fingerprint density at radius 1 is 1.09 bits per heavy atom. The van der Waals surface area contributed by atoms with Gasteiger partial charge in [0, 0.05) is 6.42 Å². The molecule has 1 atom stereocenters. The molecular weight excluding hydrogens is 428 g/mol. The number of aliphatic carboxylic acids is 1. The smallest absolute Gasteiger partial charge is 0.348 e. The van der Waals surface area contributed by atoms with E-state index in [0.717, 1.165) is 21.5 Å². The van der Waals surface area contributed by atoms with Crippen LogP contribution in [0.4, 0.5) is 0 Å². The topological polar surface area (TPSA) is 98.5 Å². The van der Waals surface area contributed by atoms with Gasteiger partial charge in [-0.05, 0) is 23.6 Å². The summed E-state index contributed by atoms with van der Waals surface area (Å²) in [5, 5.41) is 10.0. The Balaban J connectivity index is 1.64. The molecule has 2 heterocycles. The maximum Gasteiger partial charge on any atom is 0.348 e. The number of esters is 1. The normalized spacial score (nSPS) is 11.9. The largest absolute Gasteiger partial charge is 0.479 e. The summed E-state index contributed by atoms with van der Waals surface area (Å²) < 4.78 is 6.50. The van der Waals surface area contributed by atoms with Crippen LogP contribution >= 0.6 is 11.3 Å². The number of hydrogen-bond acceptors (Lipinski definition) is 6. The Bertz CT molecular complexity index is 1330. The lowest BCUT2D eigenvalue weighted by Crippen LogP contribution is -2.30. The minimum absolute atomic E-state index is 0.212. The summed E-state index contributed by atoms with van der Waals surface area (Å²) in [6, 6.07) is 16.9. The van der Waals surface area contributed by atoms with Crippen LogP contribution in [0.3, 0.4) is 0 Å². The first-order valence-electron chi connectivity index (χ1n) is 9.96. The van der Waals surface area contributed by atoms with Crippen molar-refractivity contribution < 1.29 is 19.4 Å². The third-order valence-electron chi connectivity index (χ3n) is 5.16. The van der Waals surface area contributed by atoms with E-state index in [0.29, 0.717) is 27.3 Å². The number of carboxylic acids is 1. The molecule has 0 spiro atoms. The van der Waals surface area contributed by atoms with E-state index in [4.69, 9.17) is 4.74 Å². The molecule has 8 heteroatoms. The van der Waals surface area contributed by atoms with Crippen molar-refractivity contribution in [3.8, 4) is 0 Å². The van der Waals surface area contributed by atoms with Crippen LogP contribution in [0.2, 0.25) is 0 Å². The highest BCUT2D eigenvalue weighted by Crippen LogP contribution is 2.28. The maximum absolute atomic E-state index is 13.2. The SMILES string of the molecule is Cc1c(C(=O)OCCc2ccccc2)sc2ncn(C(C(=O)O)c3ccccc3)c(=O)c12. The molecule has 7 nitrogen and oxygen atoms in total. The van der Waals surface area contributed by atoms with Crippen molar-refractivity contribution in [1.29, 1.82) is 0 Å². The molecule has 0 fully saturated rings. The number of benzene rings is 2. The number of ether oxygens (including phenoxy) is 1. The number of hydrogen-bond donors (Lipinski definition) is 1. The van der Waals surface area contributed by atoms with Crippen molar-refractivity contribution in [1.82, 2.24) is 9.55 Å². The van der Waals surface area contributed by atoms with Gasteiger partial charge in [0.25, 0.3) is 5.56 Å². The fourth-order valence-electron chi connectivity index (χ4n) is 3.55. The van der Waals surface area contributed by atoms with Gasteiger partial charge in [-0.3, -0.25) is 9.36 Å². The summed E-state index contributed by atoms with van der Waals surface area (Å²) in [4.78, 5) is 42.8. The predicted octanol–water partition coefficient (Wildman–Crippen LogP) is 3.84. The average molecular weight is 449 g/mol. The number of nitrogens with zero attached hydrogens (tertiary/aromatic N) is 2. The first kappa shape index (κ1) is 21.5. The number of fused-ring (bicyclic) bond motifs is 1. The van der Waals surface area contributed by atoms with Crippen LogP contribution in [0.25, 0.3) is 10.2 Å². The van der Waals surface area contributed by atoms with Gasteiger partial charge in [0.2, 0.25) is 0 Å². The molecule has 0 saturated heterocycles. The standard InChI is InChI=1S/C24H20N2O5S/c1-15-18-21(32-20(15)24(30)31-13-12-16-8-4-2-5-9-16)25-14-26(22(18)27)19(23(28)29)17-10-6-3-7-11-17/h2-11,14,19H,12-13H2,1H3,(H,28,29). The minimum Gasteiger partial charge on any atom is -0.479 e. The zero-order valence-corrected chi connectivity index (χ0v) is 18.0. The fourth-order valence-corrected chi connectivity index (χ4v) is 4.58.